The molecule has 0 saturated carbocycles. The Hall–Kier alpha value is -1.25. The molecule has 5 nitrogen and oxygen atoms in total. The maximum Gasteiger partial charge on any atom is 0.206 e. The number of aromatic nitrogens is 4. The van der Waals surface area contributed by atoms with Crippen molar-refractivity contribution in [2.75, 3.05) is 12.4 Å². The average Bonchev–Trinajstić information content (AvgIpc) is 2.96. The van der Waals surface area contributed by atoms with Crippen molar-refractivity contribution in [2.45, 2.75) is 23.2 Å². The molecule has 0 unspecified atom stereocenters. The zero-order valence-electron chi connectivity index (χ0n) is 10.6. The molecule has 0 aliphatic rings. The highest BCUT2D eigenvalue weighted by atomic mass is 32.2. The van der Waals surface area contributed by atoms with Gasteiger partial charge in [-0.25, -0.2) is 9.97 Å². The third-order valence-electron chi connectivity index (χ3n) is 2.73. The smallest absolute Gasteiger partial charge is 0.206 e. The number of fused-ring (bicyclic) bond motifs is 1. The molecule has 0 amide bonds. The summed E-state index contributed by atoms with van der Waals surface area (Å²) in [4.78, 5) is 11.0. The van der Waals surface area contributed by atoms with Crippen LogP contribution in [-0.2, 0) is 0 Å². The van der Waals surface area contributed by atoms with Gasteiger partial charge in [-0.1, -0.05) is 11.3 Å². The highest BCUT2D eigenvalue weighted by Gasteiger charge is 2.14. The molecule has 3 heterocycles. The van der Waals surface area contributed by atoms with E-state index in [2.05, 4.69) is 39.3 Å². The summed E-state index contributed by atoms with van der Waals surface area (Å²) in [6.45, 7) is 4.22. The Labute approximate surface area is 122 Å². The highest BCUT2D eigenvalue weighted by molar-refractivity contribution is 8.01. The number of thiophene rings is 1. The Morgan fingerprint density at radius 3 is 2.74 bits per heavy atom. The summed E-state index contributed by atoms with van der Waals surface area (Å²) in [6.07, 6.45) is 1.61. The van der Waals surface area contributed by atoms with Gasteiger partial charge in [0.15, 0.2) is 4.34 Å². The van der Waals surface area contributed by atoms with Gasteiger partial charge in [0.2, 0.25) is 5.13 Å². The first-order chi connectivity index (χ1) is 9.19. The summed E-state index contributed by atoms with van der Waals surface area (Å²) in [5.74, 6) is 0. The van der Waals surface area contributed by atoms with Gasteiger partial charge in [-0.2, -0.15) is 0 Å². The lowest BCUT2D eigenvalue weighted by Gasteiger charge is -1.99. The van der Waals surface area contributed by atoms with Crippen LogP contribution in [0, 0.1) is 13.8 Å². The topological polar surface area (TPSA) is 63.6 Å². The molecule has 1 N–H and O–H groups in total. The van der Waals surface area contributed by atoms with E-state index < -0.39 is 0 Å². The zero-order chi connectivity index (χ0) is 13.4. The molecule has 0 bridgehead atoms. The number of aryl methyl sites for hydroxylation is 2. The highest BCUT2D eigenvalue weighted by Crippen LogP contribution is 2.38. The number of hydrogen-bond donors (Lipinski definition) is 1. The van der Waals surface area contributed by atoms with E-state index in [4.69, 9.17) is 0 Å². The van der Waals surface area contributed by atoms with Crippen molar-refractivity contribution in [1.82, 2.24) is 20.2 Å². The Kier molecular flexibility index (Phi) is 3.38. The van der Waals surface area contributed by atoms with Crippen molar-refractivity contribution < 1.29 is 0 Å². The summed E-state index contributed by atoms with van der Waals surface area (Å²) in [5.41, 5.74) is 1.25. The molecule has 19 heavy (non-hydrogen) atoms. The molecule has 0 aromatic carbocycles. The average molecular weight is 309 g/mol. The molecule has 0 aliphatic carbocycles. The molecule has 3 aromatic rings. The van der Waals surface area contributed by atoms with Crippen molar-refractivity contribution in [3.63, 3.8) is 0 Å². The first kappa shape index (κ1) is 12.8. The van der Waals surface area contributed by atoms with Gasteiger partial charge in [0.1, 0.15) is 16.2 Å². The Bertz CT molecular complexity index is 733. The molecule has 0 spiro atoms. The van der Waals surface area contributed by atoms with E-state index in [1.54, 1.807) is 29.4 Å². The fraction of sp³-hybridized carbons (Fsp3) is 0.273. The fourth-order valence-electron chi connectivity index (χ4n) is 1.66. The van der Waals surface area contributed by atoms with Gasteiger partial charge in [0.25, 0.3) is 0 Å². The number of nitrogens with one attached hydrogen (secondary N) is 1. The number of anilines is 1. The molecular weight excluding hydrogens is 298 g/mol. The van der Waals surface area contributed by atoms with Crippen molar-refractivity contribution in [1.29, 1.82) is 0 Å². The van der Waals surface area contributed by atoms with E-state index >= 15 is 0 Å². The normalized spacial score (nSPS) is 11.1. The molecule has 0 radical (unpaired) electrons. The third-order valence-corrected chi connectivity index (χ3v) is 5.84. The number of rotatable bonds is 3. The van der Waals surface area contributed by atoms with E-state index in [9.17, 15) is 0 Å². The SMILES string of the molecule is CNc1nnc(Sc2ncnc3sc(C)c(C)c23)s1. The van der Waals surface area contributed by atoms with Crippen LogP contribution in [-0.4, -0.2) is 27.2 Å². The van der Waals surface area contributed by atoms with Crippen LogP contribution < -0.4 is 5.32 Å². The van der Waals surface area contributed by atoms with Gasteiger partial charge < -0.3 is 5.32 Å². The molecule has 3 rings (SSSR count). The van der Waals surface area contributed by atoms with Crippen LogP contribution in [0.5, 0.6) is 0 Å². The van der Waals surface area contributed by atoms with E-state index in [-0.39, 0.29) is 0 Å². The molecular formula is C11H11N5S3. The lowest BCUT2D eigenvalue weighted by Crippen LogP contribution is -1.85. The van der Waals surface area contributed by atoms with Crippen LogP contribution in [0.15, 0.2) is 15.7 Å². The van der Waals surface area contributed by atoms with Crippen molar-refractivity contribution in [3.8, 4) is 0 Å². The van der Waals surface area contributed by atoms with E-state index in [0.717, 1.165) is 24.7 Å². The molecule has 98 valence electrons. The lowest BCUT2D eigenvalue weighted by molar-refractivity contribution is 1.01. The molecule has 0 aliphatic heterocycles. The van der Waals surface area contributed by atoms with E-state index in [0.29, 0.717) is 0 Å². The minimum absolute atomic E-state index is 0.811. The Balaban J connectivity index is 2.05. The second kappa shape index (κ2) is 5.03. The van der Waals surface area contributed by atoms with Crippen molar-refractivity contribution in [2.24, 2.45) is 0 Å². The van der Waals surface area contributed by atoms with Gasteiger partial charge in [-0.3, -0.25) is 0 Å². The van der Waals surface area contributed by atoms with Crippen LogP contribution in [0.25, 0.3) is 10.2 Å². The maximum absolute atomic E-state index is 4.39. The van der Waals surface area contributed by atoms with Crippen LogP contribution in [0.3, 0.4) is 0 Å². The van der Waals surface area contributed by atoms with Crippen LogP contribution in [0.2, 0.25) is 0 Å². The van der Waals surface area contributed by atoms with Crippen molar-refractivity contribution in [3.05, 3.63) is 16.8 Å². The van der Waals surface area contributed by atoms with Crippen LogP contribution in [0.1, 0.15) is 10.4 Å². The quantitative estimate of drug-likeness (QED) is 0.749. The van der Waals surface area contributed by atoms with Gasteiger partial charge in [-0.15, -0.1) is 21.5 Å². The standard InChI is InChI=1S/C11H11N5S3/c1-5-6(2)17-8-7(5)9(14-4-13-8)18-11-16-15-10(12-3)19-11/h4H,1-3H3,(H,12,15). The summed E-state index contributed by atoms with van der Waals surface area (Å²) >= 11 is 4.77. The van der Waals surface area contributed by atoms with Gasteiger partial charge >= 0.3 is 0 Å². The molecule has 3 aromatic heterocycles. The van der Waals surface area contributed by atoms with Gasteiger partial charge in [0, 0.05) is 17.3 Å². The first-order valence-corrected chi connectivity index (χ1v) is 8.04. The van der Waals surface area contributed by atoms with Crippen molar-refractivity contribution >= 4 is 49.8 Å². The molecule has 0 fully saturated rings. The summed E-state index contributed by atoms with van der Waals surface area (Å²) < 4.78 is 0.882. The van der Waals surface area contributed by atoms with Gasteiger partial charge in [0.05, 0.1) is 0 Å². The minimum atomic E-state index is 0.811. The number of nitrogens with zero attached hydrogens (tertiary/aromatic N) is 4. The predicted molar refractivity (Wildman–Crippen MR) is 80.5 cm³/mol. The lowest BCUT2D eigenvalue weighted by atomic mass is 10.2. The van der Waals surface area contributed by atoms with E-state index in [1.807, 2.05) is 7.05 Å². The summed E-state index contributed by atoms with van der Waals surface area (Å²) in [5, 5.41) is 14.1. The fourth-order valence-corrected chi connectivity index (χ4v) is 4.49. The van der Waals surface area contributed by atoms with Gasteiger partial charge in [-0.05, 0) is 31.2 Å². The minimum Gasteiger partial charge on any atom is -0.363 e. The second-order valence-electron chi connectivity index (χ2n) is 3.87. The monoisotopic (exact) mass is 309 g/mol. The Morgan fingerprint density at radius 1 is 1.16 bits per heavy atom. The Morgan fingerprint density at radius 2 is 2.00 bits per heavy atom. The van der Waals surface area contributed by atoms with E-state index in [1.165, 1.54) is 21.8 Å². The molecule has 8 heteroatoms. The number of hydrogen-bond acceptors (Lipinski definition) is 8. The third kappa shape index (κ3) is 2.31. The summed E-state index contributed by atoms with van der Waals surface area (Å²) in [7, 11) is 1.84. The summed E-state index contributed by atoms with van der Waals surface area (Å²) in [6, 6.07) is 0. The predicted octanol–water partition coefficient (Wildman–Crippen LogP) is 3.35. The molecule has 0 atom stereocenters. The maximum atomic E-state index is 4.39. The first-order valence-electron chi connectivity index (χ1n) is 5.59. The van der Waals surface area contributed by atoms with Crippen LogP contribution in [0.4, 0.5) is 5.13 Å². The second-order valence-corrected chi connectivity index (χ2v) is 7.28. The molecule has 0 saturated heterocycles. The largest absolute Gasteiger partial charge is 0.363 e. The zero-order valence-corrected chi connectivity index (χ0v) is 13.0. The van der Waals surface area contributed by atoms with Crippen LogP contribution >= 0.6 is 34.4 Å².